The predicted molar refractivity (Wildman–Crippen MR) is 109 cm³/mol. The van der Waals surface area contributed by atoms with Gasteiger partial charge in [0.15, 0.2) is 0 Å². The molecule has 1 atom stereocenters. The van der Waals surface area contributed by atoms with E-state index in [0.717, 1.165) is 5.56 Å². The van der Waals surface area contributed by atoms with Crippen molar-refractivity contribution in [3.05, 3.63) is 70.8 Å². The Kier molecular flexibility index (Phi) is 6.45. The summed E-state index contributed by atoms with van der Waals surface area (Å²) in [6.45, 7) is 3.25. The molecule has 1 fully saturated rings. The first kappa shape index (κ1) is 24.9. The highest BCUT2D eigenvalue weighted by Gasteiger charge is 2.53. The zero-order valence-electron chi connectivity index (χ0n) is 18.0. The van der Waals surface area contributed by atoms with Gasteiger partial charge < -0.3 is 15.8 Å². The second-order valence-corrected chi connectivity index (χ2v) is 8.84. The number of halogens is 6. The van der Waals surface area contributed by atoms with Crippen LogP contribution in [0.1, 0.15) is 55.0 Å². The number of nitrogens with one attached hydrogen (secondary N) is 1. The highest BCUT2D eigenvalue weighted by atomic mass is 19.4. The largest absolute Gasteiger partial charge is 0.416 e. The van der Waals surface area contributed by atoms with E-state index in [0.29, 0.717) is 25.0 Å². The average Bonchev–Trinajstić information content (AvgIpc) is 2.68. The van der Waals surface area contributed by atoms with Crippen LogP contribution in [0, 0.1) is 0 Å². The van der Waals surface area contributed by atoms with E-state index in [9.17, 15) is 31.1 Å². The Balaban J connectivity index is 1.86. The zero-order valence-corrected chi connectivity index (χ0v) is 18.0. The highest BCUT2D eigenvalue weighted by Crippen LogP contribution is 2.51. The van der Waals surface area contributed by atoms with E-state index >= 15 is 0 Å². The lowest BCUT2D eigenvalue weighted by Gasteiger charge is -2.55. The number of amides is 2. The van der Waals surface area contributed by atoms with Crippen LogP contribution in [0.5, 0.6) is 0 Å². The second-order valence-electron chi connectivity index (χ2n) is 8.84. The number of carbonyl (C=O) groups is 1. The van der Waals surface area contributed by atoms with Crippen LogP contribution in [0.2, 0.25) is 0 Å². The van der Waals surface area contributed by atoms with E-state index < -0.39 is 46.6 Å². The Morgan fingerprint density at radius 3 is 2.00 bits per heavy atom. The molecule has 3 rings (SSSR count). The molecule has 180 valence electrons. The normalized spacial score (nSPS) is 24.1. The molecule has 2 aromatic rings. The number of hydrogen-bond donors (Lipinski definition) is 2. The summed E-state index contributed by atoms with van der Waals surface area (Å²) in [5, 5.41) is 2.68. The SMILES string of the molecule is C[C@@H](OCC1(c2ccccc2)CC(C)(NC(N)=O)C1)c1cc(C(F)(F)F)cc(C(F)(F)F)c1. The smallest absolute Gasteiger partial charge is 0.373 e. The highest BCUT2D eigenvalue weighted by molar-refractivity contribution is 5.73. The van der Waals surface area contributed by atoms with Crippen LogP contribution in [0.4, 0.5) is 31.1 Å². The van der Waals surface area contributed by atoms with Crippen molar-refractivity contribution in [2.75, 3.05) is 6.61 Å². The van der Waals surface area contributed by atoms with Crippen LogP contribution in [-0.4, -0.2) is 18.2 Å². The monoisotopic (exact) mass is 474 g/mol. The Bertz CT molecular complexity index is 966. The van der Waals surface area contributed by atoms with Crippen LogP contribution < -0.4 is 11.1 Å². The quantitative estimate of drug-likeness (QED) is 0.508. The van der Waals surface area contributed by atoms with E-state index in [1.807, 2.05) is 37.3 Å². The van der Waals surface area contributed by atoms with Crippen LogP contribution >= 0.6 is 0 Å². The Labute approximate surface area is 187 Å². The number of alkyl halides is 6. The van der Waals surface area contributed by atoms with Crippen molar-refractivity contribution < 1.29 is 35.9 Å². The number of ether oxygens (including phenoxy) is 1. The molecule has 0 aromatic heterocycles. The molecule has 33 heavy (non-hydrogen) atoms. The summed E-state index contributed by atoms with van der Waals surface area (Å²) in [6.07, 6.45) is -10.0. The van der Waals surface area contributed by atoms with Gasteiger partial charge in [-0.3, -0.25) is 0 Å². The van der Waals surface area contributed by atoms with Crippen molar-refractivity contribution in [1.29, 1.82) is 0 Å². The summed E-state index contributed by atoms with van der Waals surface area (Å²) >= 11 is 0. The number of rotatable bonds is 6. The minimum atomic E-state index is -4.93. The third-order valence-corrected chi connectivity index (χ3v) is 5.96. The summed E-state index contributed by atoms with van der Waals surface area (Å²) in [6, 6.07) is 9.95. The first-order valence-corrected chi connectivity index (χ1v) is 10.2. The average molecular weight is 474 g/mol. The zero-order chi connectivity index (χ0) is 24.7. The molecular weight excluding hydrogens is 450 g/mol. The molecule has 10 heteroatoms. The third kappa shape index (κ3) is 5.61. The van der Waals surface area contributed by atoms with Crippen molar-refractivity contribution in [3.63, 3.8) is 0 Å². The molecule has 0 aliphatic heterocycles. The number of hydrogen-bond acceptors (Lipinski definition) is 2. The van der Waals surface area contributed by atoms with Gasteiger partial charge in [-0.25, -0.2) is 4.79 Å². The molecule has 2 amide bonds. The number of primary amides is 1. The first-order valence-electron chi connectivity index (χ1n) is 10.2. The molecule has 1 aliphatic carbocycles. The van der Waals surface area contributed by atoms with Gasteiger partial charge in [-0.05, 0) is 56.0 Å². The van der Waals surface area contributed by atoms with Gasteiger partial charge in [0, 0.05) is 11.0 Å². The molecule has 0 spiro atoms. The minimum Gasteiger partial charge on any atom is -0.373 e. The van der Waals surface area contributed by atoms with E-state index in [1.165, 1.54) is 6.92 Å². The van der Waals surface area contributed by atoms with Gasteiger partial charge >= 0.3 is 18.4 Å². The molecule has 0 saturated heterocycles. The summed E-state index contributed by atoms with van der Waals surface area (Å²) in [5.41, 5.74) is 1.95. The second kappa shape index (κ2) is 8.55. The molecule has 1 saturated carbocycles. The standard InChI is InChI=1S/C23H24F6N2O2/c1-14(15-8-17(22(24,25)26)10-18(9-15)23(27,28)29)33-13-21(16-6-4-3-5-7-16)11-20(2,12-21)31-19(30)32/h3-10,14H,11-13H2,1-2H3,(H3,30,31,32)/t14-,20?,21?/m1/s1. The maximum Gasteiger partial charge on any atom is 0.416 e. The maximum atomic E-state index is 13.2. The van der Waals surface area contributed by atoms with Gasteiger partial charge in [-0.2, -0.15) is 26.3 Å². The fourth-order valence-corrected chi connectivity index (χ4v) is 4.60. The van der Waals surface area contributed by atoms with Gasteiger partial charge in [0.1, 0.15) is 0 Å². The molecule has 0 heterocycles. The van der Waals surface area contributed by atoms with Crippen LogP contribution in [0.3, 0.4) is 0 Å². The lowest BCUT2D eigenvalue weighted by Crippen LogP contribution is -2.64. The van der Waals surface area contributed by atoms with Gasteiger partial charge in [0.05, 0.1) is 23.8 Å². The number of nitrogens with two attached hydrogens (primary N) is 1. The minimum absolute atomic E-state index is 0.0335. The Hall–Kier alpha value is -2.75. The molecule has 0 unspecified atom stereocenters. The van der Waals surface area contributed by atoms with Crippen molar-refractivity contribution in [3.8, 4) is 0 Å². The third-order valence-electron chi connectivity index (χ3n) is 5.96. The predicted octanol–water partition coefficient (Wildman–Crippen LogP) is 5.96. The Morgan fingerprint density at radius 1 is 1.03 bits per heavy atom. The molecule has 1 aliphatic rings. The van der Waals surface area contributed by atoms with E-state index in [1.54, 1.807) is 0 Å². The lowest BCUT2D eigenvalue weighted by molar-refractivity contribution is -0.143. The van der Waals surface area contributed by atoms with Crippen molar-refractivity contribution in [2.45, 2.75) is 56.1 Å². The first-order chi connectivity index (χ1) is 15.1. The molecule has 0 radical (unpaired) electrons. The van der Waals surface area contributed by atoms with Gasteiger partial charge in [0.2, 0.25) is 0 Å². The van der Waals surface area contributed by atoms with E-state index in [-0.39, 0.29) is 18.2 Å². The fourth-order valence-electron chi connectivity index (χ4n) is 4.60. The van der Waals surface area contributed by atoms with Crippen LogP contribution in [0.15, 0.2) is 48.5 Å². The molecule has 0 bridgehead atoms. The van der Waals surface area contributed by atoms with E-state index in [2.05, 4.69) is 5.32 Å². The molecular formula is C23H24F6N2O2. The van der Waals surface area contributed by atoms with Gasteiger partial charge in [-0.15, -0.1) is 0 Å². The summed E-state index contributed by atoms with van der Waals surface area (Å²) < 4.78 is 85.0. The van der Waals surface area contributed by atoms with Crippen molar-refractivity contribution in [2.24, 2.45) is 5.73 Å². The lowest BCUT2D eigenvalue weighted by atomic mass is 9.55. The van der Waals surface area contributed by atoms with Gasteiger partial charge in [0.25, 0.3) is 0 Å². The summed E-state index contributed by atoms with van der Waals surface area (Å²) in [4.78, 5) is 11.3. The number of benzene rings is 2. The van der Waals surface area contributed by atoms with E-state index in [4.69, 9.17) is 10.5 Å². The Morgan fingerprint density at radius 2 is 1.55 bits per heavy atom. The molecule has 4 nitrogen and oxygen atoms in total. The summed E-state index contributed by atoms with van der Waals surface area (Å²) in [5.74, 6) is 0. The molecule has 3 N–H and O–H groups in total. The molecule has 2 aromatic carbocycles. The fraction of sp³-hybridized carbons (Fsp3) is 0.435. The summed E-state index contributed by atoms with van der Waals surface area (Å²) in [7, 11) is 0. The van der Waals surface area contributed by atoms with Crippen LogP contribution in [-0.2, 0) is 22.5 Å². The van der Waals surface area contributed by atoms with Crippen molar-refractivity contribution >= 4 is 6.03 Å². The maximum absolute atomic E-state index is 13.2. The van der Waals surface area contributed by atoms with Crippen LogP contribution in [0.25, 0.3) is 0 Å². The topological polar surface area (TPSA) is 64.3 Å². The van der Waals surface area contributed by atoms with Gasteiger partial charge in [-0.1, -0.05) is 30.3 Å². The number of urea groups is 1. The van der Waals surface area contributed by atoms with Crippen molar-refractivity contribution in [1.82, 2.24) is 5.32 Å². The number of carbonyl (C=O) groups excluding carboxylic acids is 1.